The molecule has 0 aliphatic heterocycles. The molecule has 2 rings (SSSR count). The zero-order valence-corrected chi connectivity index (χ0v) is 16.3. The topological polar surface area (TPSA) is 60.7 Å². The average molecular weight is 357 g/mol. The van der Waals surface area contributed by atoms with Gasteiger partial charge in [-0.05, 0) is 45.9 Å². The first-order valence-corrected chi connectivity index (χ1v) is 9.36. The molecule has 0 bridgehead atoms. The molecule has 0 saturated heterocycles. The van der Waals surface area contributed by atoms with Gasteiger partial charge in [0.2, 0.25) is 0 Å². The Hall–Kier alpha value is -1.68. The second-order valence-corrected chi connectivity index (χ2v) is 8.27. The highest BCUT2D eigenvalue weighted by molar-refractivity contribution is 5.36. The van der Waals surface area contributed by atoms with Crippen molar-refractivity contribution in [2.45, 2.75) is 46.1 Å². The van der Waals surface area contributed by atoms with Crippen LogP contribution in [0.25, 0.3) is 0 Å². The van der Waals surface area contributed by atoms with Crippen molar-refractivity contribution in [1.29, 1.82) is 0 Å². The molecule has 0 fully saturated rings. The Morgan fingerprint density at radius 3 is 2.08 bits per heavy atom. The van der Waals surface area contributed by atoms with Gasteiger partial charge in [0.1, 0.15) is 6.10 Å². The maximum atomic E-state index is 10.9. The Balaban J connectivity index is 2.25. The number of aliphatic hydroxyl groups is 3. The lowest BCUT2D eigenvalue weighted by Crippen LogP contribution is -2.19. The molecular formula is C23H32O3. The lowest BCUT2D eigenvalue weighted by molar-refractivity contribution is 0.159. The fraction of sp³-hybridized carbons (Fsp3) is 0.478. The molecule has 0 aromatic heterocycles. The molecule has 0 aliphatic rings. The summed E-state index contributed by atoms with van der Waals surface area (Å²) in [7, 11) is 0. The van der Waals surface area contributed by atoms with Gasteiger partial charge in [0.15, 0.2) is 0 Å². The summed E-state index contributed by atoms with van der Waals surface area (Å²) in [6, 6.07) is 15.9. The number of aliphatic hydroxyl groups excluding tert-OH is 3. The first kappa shape index (κ1) is 20.6. The molecule has 3 atom stereocenters. The Morgan fingerprint density at radius 2 is 1.46 bits per heavy atom. The van der Waals surface area contributed by atoms with E-state index in [1.54, 1.807) is 0 Å². The van der Waals surface area contributed by atoms with Gasteiger partial charge >= 0.3 is 0 Å². The van der Waals surface area contributed by atoms with Crippen LogP contribution >= 0.6 is 0 Å². The number of rotatable bonds is 8. The number of hydrogen-bond acceptors (Lipinski definition) is 3. The van der Waals surface area contributed by atoms with E-state index in [-0.39, 0.29) is 30.5 Å². The Labute approximate surface area is 157 Å². The standard InChI is InChI=1S/C23H32O3/c1-16(14-24)17(2)19-8-6-10-21(12-19)22(26)20-9-5-7-18(11-20)13-23(3,4)15-25/h5-12,16-17,22,24-26H,13-15H2,1-4H3. The van der Waals surface area contributed by atoms with Crippen molar-refractivity contribution in [1.82, 2.24) is 0 Å². The minimum atomic E-state index is -0.691. The first-order chi connectivity index (χ1) is 12.3. The minimum Gasteiger partial charge on any atom is -0.396 e. The van der Waals surface area contributed by atoms with Gasteiger partial charge in [0.25, 0.3) is 0 Å². The Morgan fingerprint density at radius 1 is 0.885 bits per heavy atom. The highest BCUT2D eigenvalue weighted by atomic mass is 16.3. The lowest BCUT2D eigenvalue weighted by Gasteiger charge is -2.23. The van der Waals surface area contributed by atoms with E-state index in [0.717, 1.165) is 28.7 Å². The summed E-state index contributed by atoms with van der Waals surface area (Å²) >= 11 is 0. The van der Waals surface area contributed by atoms with Crippen LogP contribution in [-0.4, -0.2) is 28.5 Å². The van der Waals surface area contributed by atoms with Gasteiger partial charge in [-0.1, -0.05) is 76.2 Å². The van der Waals surface area contributed by atoms with Crippen LogP contribution in [0.2, 0.25) is 0 Å². The van der Waals surface area contributed by atoms with E-state index in [4.69, 9.17) is 0 Å². The second-order valence-electron chi connectivity index (χ2n) is 8.27. The fourth-order valence-electron chi connectivity index (χ4n) is 3.17. The molecule has 3 heteroatoms. The van der Waals surface area contributed by atoms with Crippen LogP contribution in [-0.2, 0) is 6.42 Å². The van der Waals surface area contributed by atoms with Gasteiger partial charge < -0.3 is 15.3 Å². The minimum absolute atomic E-state index is 0.128. The normalized spacial score (nSPS) is 15.5. The van der Waals surface area contributed by atoms with Crippen molar-refractivity contribution in [3.63, 3.8) is 0 Å². The summed E-state index contributed by atoms with van der Waals surface area (Å²) < 4.78 is 0. The molecular weight excluding hydrogens is 324 g/mol. The van der Waals surface area contributed by atoms with Crippen molar-refractivity contribution < 1.29 is 15.3 Å². The van der Waals surface area contributed by atoms with Crippen molar-refractivity contribution in [3.05, 3.63) is 70.8 Å². The monoisotopic (exact) mass is 356 g/mol. The van der Waals surface area contributed by atoms with Gasteiger partial charge in [-0.15, -0.1) is 0 Å². The molecule has 2 aromatic carbocycles. The van der Waals surface area contributed by atoms with Gasteiger partial charge in [-0.25, -0.2) is 0 Å². The third kappa shape index (κ3) is 5.16. The van der Waals surface area contributed by atoms with Crippen molar-refractivity contribution in [2.75, 3.05) is 13.2 Å². The third-order valence-corrected chi connectivity index (χ3v) is 5.27. The fourth-order valence-corrected chi connectivity index (χ4v) is 3.17. The average Bonchev–Trinajstić information content (AvgIpc) is 2.66. The molecule has 0 saturated carbocycles. The molecule has 0 aliphatic carbocycles. The molecule has 142 valence electrons. The smallest absolute Gasteiger partial charge is 0.104 e. The van der Waals surface area contributed by atoms with E-state index in [1.165, 1.54) is 0 Å². The molecule has 3 N–H and O–H groups in total. The maximum absolute atomic E-state index is 10.9. The maximum Gasteiger partial charge on any atom is 0.104 e. The molecule has 26 heavy (non-hydrogen) atoms. The Bertz CT molecular complexity index is 708. The van der Waals surface area contributed by atoms with Crippen molar-refractivity contribution in [3.8, 4) is 0 Å². The molecule has 0 amide bonds. The van der Waals surface area contributed by atoms with Gasteiger partial charge in [-0.3, -0.25) is 0 Å². The highest BCUT2D eigenvalue weighted by Gasteiger charge is 2.19. The lowest BCUT2D eigenvalue weighted by atomic mass is 9.85. The van der Waals surface area contributed by atoms with Crippen molar-refractivity contribution in [2.24, 2.45) is 11.3 Å². The Kier molecular flexibility index (Phi) is 6.99. The van der Waals surface area contributed by atoms with Crippen LogP contribution in [0.1, 0.15) is 62.0 Å². The summed E-state index contributed by atoms with van der Waals surface area (Å²) in [5.74, 6) is 0.398. The van der Waals surface area contributed by atoms with E-state index >= 15 is 0 Å². The van der Waals surface area contributed by atoms with E-state index < -0.39 is 6.10 Å². The molecule has 3 nitrogen and oxygen atoms in total. The summed E-state index contributed by atoms with van der Waals surface area (Å²) in [5, 5.41) is 29.8. The van der Waals surface area contributed by atoms with Crippen LogP contribution in [0.15, 0.2) is 48.5 Å². The third-order valence-electron chi connectivity index (χ3n) is 5.27. The zero-order chi connectivity index (χ0) is 19.3. The van der Waals surface area contributed by atoms with E-state index in [9.17, 15) is 15.3 Å². The summed E-state index contributed by atoms with van der Waals surface area (Å²) in [5.41, 5.74) is 3.77. The first-order valence-electron chi connectivity index (χ1n) is 9.36. The summed E-state index contributed by atoms with van der Waals surface area (Å²) in [6.07, 6.45) is 0.0681. The largest absolute Gasteiger partial charge is 0.396 e. The molecule has 0 spiro atoms. The van der Waals surface area contributed by atoms with Crippen LogP contribution in [0.5, 0.6) is 0 Å². The van der Waals surface area contributed by atoms with Gasteiger partial charge in [0.05, 0.1) is 0 Å². The second kappa shape index (κ2) is 8.81. The van der Waals surface area contributed by atoms with Crippen LogP contribution in [0, 0.1) is 11.3 Å². The molecule has 3 unspecified atom stereocenters. The predicted octanol–water partition coefficient (Wildman–Crippen LogP) is 4.06. The number of hydrogen-bond donors (Lipinski definition) is 3. The summed E-state index contributed by atoms with van der Waals surface area (Å²) in [4.78, 5) is 0. The van der Waals surface area contributed by atoms with Gasteiger partial charge in [0, 0.05) is 13.2 Å². The quantitative estimate of drug-likeness (QED) is 0.668. The zero-order valence-electron chi connectivity index (χ0n) is 16.3. The van der Waals surface area contributed by atoms with E-state index in [1.807, 2.05) is 69.3 Å². The predicted molar refractivity (Wildman–Crippen MR) is 106 cm³/mol. The van der Waals surface area contributed by atoms with E-state index in [2.05, 4.69) is 6.92 Å². The van der Waals surface area contributed by atoms with Crippen LogP contribution in [0.4, 0.5) is 0 Å². The van der Waals surface area contributed by atoms with Crippen LogP contribution < -0.4 is 0 Å². The van der Waals surface area contributed by atoms with Gasteiger partial charge in [-0.2, -0.15) is 0 Å². The molecule has 0 radical (unpaired) electrons. The summed E-state index contributed by atoms with van der Waals surface area (Å²) in [6.45, 7) is 8.47. The van der Waals surface area contributed by atoms with E-state index in [0.29, 0.717) is 0 Å². The SMILES string of the molecule is CC(CO)C(C)c1cccc(C(O)c2cccc(CC(C)(C)CO)c2)c1. The number of benzene rings is 2. The molecule has 2 aromatic rings. The molecule has 0 heterocycles. The van der Waals surface area contributed by atoms with Crippen LogP contribution in [0.3, 0.4) is 0 Å². The van der Waals surface area contributed by atoms with Crippen molar-refractivity contribution >= 4 is 0 Å². The highest BCUT2D eigenvalue weighted by Crippen LogP contribution is 2.30.